The molecule has 2 aromatic rings. The molecular weight excluding hydrogens is 435 g/mol. The maximum Gasteiger partial charge on any atom is 0.162 e. The number of piperidine rings is 1. The Labute approximate surface area is 212 Å². The third-order valence-corrected chi connectivity index (χ3v) is 7.50. The van der Waals surface area contributed by atoms with Crippen LogP contribution >= 0.6 is 0 Å². The van der Waals surface area contributed by atoms with Gasteiger partial charge >= 0.3 is 0 Å². The highest BCUT2D eigenvalue weighted by Crippen LogP contribution is 2.24. The molecule has 35 heavy (non-hydrogen) atoms. The number of carbonyl (C=O) groups is 1. The smallest absolute Gasteiger partial charge is 0.162 e. The minimum atomic E-state index is -0.0518. The van der Waals surface area contributed by atoms with Crippen LogP contribution in [0.25, 0.3) is 0 Å². The molecule has 4 heteroatoms. The zero-order valence-corrected chi connectivity index (χ0v) is 22.2. The fourth-order valence-corrected chi connectivity index (χ4v) is 4.97. The lowest BCUT2D eigenvalue weighted by Crippen LogP contribution is -2.35. The van der Waals surface area contributed by atoms with Gasteiger partial charge in [0.1, 0.15) is 0 Å². The fraction of sp³-hybridized carbons (Fsp3) is 0.516. The molecule has 0 radical (unpaired) electrons. The highest BCUT2D eigenvalue weighted by molar-refractivity contribution is 5.96. The van der Waals surface area contributed by atoms with E-state index in [-0.39, 0.29) is 11.6 Å². The van der Waals surface area contributed by atoms with Crippen molar-refractivity contribution in [3.63, 3.8) is 0 Å². The van der Waals surface area contributed by atoms with E-state index < -0.39 is 0 Å². The largest absolute Gasteiger partial charge is 0.302 e. The van der Waals surface area contributed by atoms with Crippen molar-refractivity contribution in [2.45, 2.75) is 65.8 Å². The Morgan fingerprint density at radius 3 is 2.49 bits per heavy atom. The van der Waals surface area contributed by atoms with E-state index in [0.29, 0.717) is 12.3 Å². The van der Waals surface area contributed by atoms with Gasteiger partial charge in [-0.25, -0.2) is 4.39 Å². The number of carbonyl (C=O) groups excluding carboxylic acids is 1. The SMILES string of the molecule is C/C(F)=C(\C)CN1CCC(CCCC(=O)c2ccc(C)c(CCN(C)Cc3ccccc3)c2)CC1. The lowest BCUT2D eigenvalue weighted by molar-refractivity contribution is 0.0974. The molecule has 190 valence electrons. The highest BCUT2D eigenvalue weighted by atomic mass is 19.1. The summed E-state index contributed by atoms with van der Waals surface area (Å²) in [6.07, 6.45) is 5.94. The van der Waals surface area contributed by atoms with Gasteiger partial charge < -0.3 is 4.90 Å². The summed E-state index contributed by atoms with van der Waals surface area (Å²) in [4.78, 5) is 17.6. The molecule has 1 heterocycles. The molecule has 0 N–H and O–H groups in total. The summed E-state index contributed by atoms with van der Waals surface area (Å²) in [7, 11) is 2.15. The number of nitrogens with zero attached hydrogens (tertiary/aromatic N) is 2. The molecule has 1 saturated heterocycles. The number of rotatable bonds is 12. The van der Waals surface area contributed by atoms with Gasteiger partial charge in [0.25, 0.3) is 0 Å². The first kappa shape index (κ1) is 27.3. The maximum absolute atomic E-state index is 13.3. The molecule has 0 atom stereocenters. The van der Waals surface area contributed by atoms with E-state index in [1.807, 2.05) is 13.0 Å². The summed E-state index contributed by atoms with van der Waals surface area (Å²) in [5.41, 5.74) is 5.55. The van der Waals surface area contributed by atoms with E-state index >= 15 is 0 Å². The number of likely N-dealkylation sites (tertiary alicyclic amines) is 1. The zero-order valence-electron chi connectivity index (χ0n) is 22.2. The number of likely N-dealkylation sites (N-methyl/N-ethyl adjacent to an activating group) is 1. The maximum atomic E-state index is 13.3. The normalized spacial score (nSPS) is 15.9. The first-order valence-electron chi connectivity index (χ1n) is 13.2. The Kier molecular flexibility index (Phi) is 10.7. The van der Waals surface area contributed by atoms with E-state index in [1.165, 1.54) is 16.7 Å². The van der Waals surface area contributed by atoms with Crippen LogP contribution in [0.5, 0.6) is 0 Å². The number of halogens is 1. The van der Waals surface area contributed by atoms with Gasteiger partial charge in [-0.15, -0.1) is 0 Å². The monoisotopic (exact) mass is 478 g/mol. The molecule has 3 rings (SSSR count). The predicted octanol–water partition coefficient (Wildman–Crippen LogP) is 7.00. The Hall–Kier alpha value is -2.30. The molecule has 1 aliphatic heterocycles. The van der Waals surface area contributed by atoms with Crippen LogP contribution in [0.3, 0.4) is 0 Å². The lowest BCUT2D eigenvalue weighted by atomic mass is 9.90. The summed E-state index contributed by atoms with van der Waals surface area (Å²) in [6, 6.07) is 16.8. The molecule has 1 aliphatic rings. The minimum Gasteiger partial charge on any atom is -0.302 e. The van der Waals surface area contributed by atoms with Crippen LogP contribution in [0.1, 0.15) is 73.0 Å². The fourth-order valence-electron chi connectivity index (χ4n) is 4.97. The van der Waals surface area contributed by atoms with Crippen molar-refractivity contribution in [1.29, 1.82) is 0 Å². The van der Waals surface area contributed by atoms with Gasteiger partial charge in [-0.2, -0.15) is 0 Å². The molecular formula is C31H43FN2O. The number of Topliss-reactive ketones (excluding diaryl/α,β-unsaturated/α-hetero) is 1. The number of hydrogen-bond donors (Lipinski definition) is 0. The summed E-state index contributed by atoms with van der Waals surface area (Å²) >= 11 is 0. The average molecular weight is 479 g/mol. The molecule has 0 unspecified atom stereocenters. The minimum absolute atomic E-state index is 0.0518. The Morgan fingerprint density at radius 1 is 1.09 bits per heavy atom. The van der Waals surface area contributed by atoms with Crippen LogP contribution in [0.2, 0.25) is 0 Å². The number of hydrogen-bond acceptors (Lipinski definition) is 3. The summed E-state index contributed by atoms with van der Waals surface area (Å²) in [5.74, 6) is 0.896. The second-order valence-corrected chi connectivity index (χ2v) is 10.5. The third kappa shape index (κ3) is 9.01. The molecule has 3 nitrogen and oxygen atoms in total. The van der Waals surface area contributed by atoms with E-state index in [4.69, 9.17) is 0 Å². The number of allylic oxidation sites excluding steroid dienone is 1. The quantitative estimate of drug-likeness (QED) is 0.307. The summed E-state index contributed by atoms with van der Waals surface area (Å²) < 4.78 is 13.3. The van der Waals surface area contributed by atoms with Crippen molar-refractivity contribution in [3.05, 3.63) is 82.2 Å². The van der Waals surface area contributed by atoms with Gasteiger partial charge in [0.2, 0.25) is 0 Å². The highest BCUT2D eigenvalue weighted by Gasteiger charge is 2.20. The van der Waals surface area contributed by atoms with Crippen LogP contribution in [0, 0.1) is 12.8 Å². The number of benzene rings is 2. The predicted molar refractivity (Wildman–Crippen MR) is 144 cm³/mol. The Bertz CT molecular complexity index is 973. The van der Waals surface area contributed by atoms with E-state index in [2.05, 4.69) is 66.2 Å². The lowest BCUT2D eigenvalue weighted by Gasteiger charge is -2.32. The van der Waals surface area contributed by atoms with Crippen LogP contribution in [0.15, 0.2) is 59.9 Å². The molecule has 0 bridgehead atoms. The number of ketones is 1. The van der Waals surface area contributed by atoms with E-state index in [1.54, 1.807) is 6.92 Å². The van der Waals surface area contributed by atoms with Crippen LogP contribution in [-0.4, -0.2) is 48.8 Å². The Balaban J connectivity index is 1.41. The molecule has 0 amide bonds. The molecule has 0 aromatic heterocycles. The van der Waals surface area contributed by atoms with Crippen molar-refractivity contribution in [1.82, 2.24) is 9.80 Å². The summed E-state index contributed by atoms with van der Waals surface area (Å²) in [5, 5.41) is 0. The van der Waals surface area contributed by atoms with Gasteiger partial charge in [-0.05, 0) is 107 Å². The van der Waals surface area contributed by atoms with Crippen LogP contribution in [-0.2, 0) is 13.0 Å². The van der Waals surface area contributed by atoms with Crippen molar-refractivity contribution in [2.75, 3.05) is 33.2 Å². The summed E-state index contributed by atoms with van der Waals surface area (Å²) in [6.45, 7) is 10.3. The molecule has 2 aromatic carbocycles. The van der Waals surface area contributed by atoms with Crippen molar-refractivity contribution in [3.8, 4) is 0 Å². The van der Waals surface area contributed by atoms with Gasteiger partial charge in [0, 0.05) is 31.6 Å². The van der Waals surface area contributed by atoms with Gasteiger partial charge in [0.05, 0.1) is 5.83 Å². The molecule has 1 fully saturated rings. The molecule has 0 spiro atoms. The van der Waals surface area contributed by atoms with Crippen molar-refractivity contribution in [2.24, 2.45) is 5.92 Å². The molecule has 0 aliphatic carbocycles. The first-order valence-corrected chi connectivity index (χ1v) is 13.2. The van der Waals surface area contributed by atoms with Gasteiger partial charge in [-0.1, -0.05) is 42.5 Å². The molecule has 0 saturated carbocycles. The second kappa shape index (κ2) is 13.7. The average Bonchev–Trinajstić information content (AvgIpc) is 2.85. The standard InChI is InChI=1S/C31H43FN2O/c1-24-13-14-30(21-29(24)17-18-33(4)23-28-9-6-5-7-10-28)31(35)12-8-11-27-15-19-34(20-16-27)22-25(2)26(3)32/h5-7,9-10,13-14,21,27H,8,11-12,15-20,22-23H2,1-4H3/b26-25-. The third-order valence-electron chi connectivity index (χ3n) is 7.50. The topological polar surface area (TPSA) is 23.6 Å². The number of aryl methyl sites for hydroxylation is 1. The van der Waals surface area contributed by atoms with Gasteiger partial charge in [0.15, 0.2) is 5.78 Å². The van der Waals surface area contributed by atoms with Crippen LogP contribution < -0.4 is 0 Å². The first-order chi connectivity index (χ1) is 16.8. The zero-order chi connectivity index (χ0) is 25.2. The van der Waals surface area contributed by atoms with Crippen LogP contribution in [0.4, 0.5) is 4.39 Å². The van der Waals surface area contributed by atoms with E-state index in [0.717, 1.165) is 76.0 Å². The van der Waals surface area contributed by atoms with Crippen molar-refractivity contribution >= 4 is 5.78 Å². The van der Waals surface area contributed by atoms with E-state index in [9.17, 15) is 9.18 Å². The van der Waals surface area contributed by atoms with Crippen molar-refractivity contribution < 1.29 is 9.18 Å². The second-order valence-electron chi connectivity index (χ2n) is 10.5. The van der Waals surface area contributed by atoms with Gasteiger partial charge in [-0.3, -0.25) is 9.69 Å². The Morgan fingerprint density at radius 2 is 1.80 bits per heavy atom.